The van der Waals surface area contributed by atoms with Gasteiger partial charge in [-0.2, -0.15) is 13.2 Å². The molecule has 2 heterocycles. The number of nitrogens with zero attached hydrogens (tertiary/aromatic N) is 2. The maximum absolute atomic E-state index is 12.5. The lowest BCUT2D eigenvalue weighted by Crippen LogP contribution is -2.47. The second-order valence-electron chi connectivity index (χ2n) is 7.14. The molecule has 5 nitrogen and oxygen atoms in total. The minimum absolute atomic E-state index is 0.0407. The van der Waals surface area contributed by atoms with E-state index >= 15 is 0 Å². The Bertz CT molecular complexity index is 662. The largest absolute Gasteiger partial charge is 0.471 e. The lowest BCUT2D eigenvalue weighted by atomic mass is 9.95. The number of nitrogens with one attached hydrogen (secondary N) is 1. The van der Waals surface area contributed by atoms with Crippen molar-refractivity contribution >= 4 is 17.5 Å². The zero-order valence-corrected chi connectivity index (χ0v) is 15.1. The Morgan fingerprint density at radius 1 is 1.00 bits per heavy atom. The van der Waals surface area contributed by atoms with E-state index in [1.54, 1.807) is 0 Å². The van der Waals surface area contributed by atoms with Gasteiger partial charge in [-0.15, -0.1) is 0 Å². The van der Waals surface area contributed by atoms with Crippen LogP contribution in [-0.4, -0.2) is 49.1 Å². The zero-order valence-electron chi connectivity index (χ0n) is 15.1. The lowest BCUT2D eigenvalue weighted by molar-refractivity contribution is -0.186. The predicted octanol–water partition coefficient (Wildman–Crippen LogP) is 2.70. The van der Waals surface area contributed by atoms with Gasteiger partial charge in [0.1, 0.15) is 0 Å². The molecule has 2 amide bonds. The zero-order chi connectivity index (χ0) is 19.4. The summed E-state index contributed by atoms with van der Waals surface area (Å²) in [6, 6.07) is 8.07. The molecule has 2 aliphatic rings. The highest BCUT2D eigenvalue weighted by molar-refractivity contribution is 5.83. The third-order valence-electron chi connectivity index (χ3n) is 5.27. The van der Waals surface area contributed by atoms with Crippen LogP contribution in [0.25, 0.3) is 0 Å². The van der Waals surface area contributed by atoms with Crippen molar-refractivity contribution in [2.45, 2.75) is 38.4 Å². The van der Waals surface area contributed by atoms with Crippen molar-refractivity contribution in [2.75, 3.05) is 31.1 Å². The number of halogens is 3. The summed E-state index contributed by atoms with van der Waals surface area (Å²) in [6.07, 6.45) is -1.92. The molecule has 0 atom stereocenters. The quantitative estimate of drug-likeness (QED) is 0.870. The maximum Gasteiger partial charge on any atom is 0.471 e. The second kappa shape index (κ2) is 8.19. The van der Waals surface area contributed by atoms with E-state index in [0.29, 0.717) is 6.54 Å². The van der Waals surface area contributed by atoms with Gasteiger partial charge < -0.3 is 15.1 Å². The van der Waals surface area contributed by atoms with E-state index in [9.17, 15) is 22.8 Å². The van der Waals surface area contributed by atoms with Gasteiger partial charge in [0.25, 0.3) is 0 Å². The van der Waals surface area contributed by atoms with Crippen molar-refractivity contribution in [2.24, 2.45) is 5.92 Å². The summed E-state index contributed by atoms with van der Waals surface area (Å²) in [6.45, 7) is 2.46. The molecular formula is C19H24F3N3O2. The summed E-state index contributed by atoms with van der Waals surface area (Å²) in [7, 11) is 0. The van der Waals surface area contributed by atoms with Crippen molar-refractivity contribution < 1.29 is 22.8 Å². The molecule has 8 heteroatoms. The molecule has 0 spiro atoms. The third kappa shape index (κ3) is 4.93. The molecule has 148 valence electrons. The molecule has 2 fully saturated rings. The van der Waals surface area contributed by atoms with Crippen molar-refractivity contribution in [3.05, 3.63) is 29.8 Å². The Kier molecular flexibility index (Phi) is 5.92. The number of hydrogen-bond acceptors (Lipinski definition) is 3. The SMILES string of the molecule is O=C(NCc1ccc(N2CCCC2)cc1)C1CCN(C(=O)C(F)(F)F)CC1. The van der Waals surface area contributed by atoms with Gasteiger partial charge in [0.2, 0.25) is 5.91 Å². The van der Waals surface area contributed by atoms with Gasteiger partial charge in [-0.1, -0.05) is 12.1 Å². The van der Waals surface area contributed by atoms with Gasteiger partial charge in [-0.05, 0) is 43.4 Å². The first-order valence-electron chi connectivity index (χ1n) is 9.32. The van der Waals surface area contributed by atoms with Gasteiger partial charge in [0.15, 0.2) is 0 Å². The van der Waals surface area contributed by atoms with Crippen molar-refractivity contribution in [3.8, 4) is 0 Å². The number of carbonyl (C=O) groups excluding carboxylic acids is 2. The first kappa shape index (κ1) is 19.5. The van der Waals surface area contributed by atoms with E-state index in [2.05, 4.69) is 10.2 Å². The van der Waals surface area contributed by atoms with E-state index in [4.69, 9.17) is 0 Å². The molecule has 1 aromatic carbocycles. The highest BCUT2D eigenvalue weighted by atomic mass is 19.4. The van der Waals surface area contributed by atoms with Crippen molar-refractivity contribution in [1.29, 1.82) is 0 Å². The van der Waals surface area contributed by atoms with Gasteiger partial charge in [-0.25, -0.2) is 0 Å². The highest BCUT2D eigenvalue weighted by Gasteiger charge is 2.43. The topological polar surface area (TPSA) is 52.7 Å². The summed E-state index contributed by atoms with van der Waals surface area (Å²) in [5, 5.41) is 2.85. The molecule has 0 aliphatic carbocycles. The number of hydrogen-bond donors (Lipinski definition) is 1. The average Bonchev–Trinajstić information content (AvgIpc) is 3.20. The van der Waals surface area contributed by atoms with E-state index in [1.165, 1.54) is 18.5 Å². The first-order chi connectivity index (χ1) is 12.8. The Balaban J connectivity index is 1.44. The van der Waals surface area contributed by atoms with Crippen molar-refractivity contribution in [1.82, 2.24) is 10.2 Å². The molecule has 1 N–H and O–H groups in total. The number of amides is 2. The Labute approximate surface area is 156 Å². The number of rotatable bonds is 4. The third-order valence-corrected chi connectivity index (χ3v) is 5.27. The molecule has 3 rings (SSSR count). The Morgan fingerprint density at radius 3 is 2.15 bits per heavy atom. The maximum atomic E-state index is 12.5. The van der Waals surface area contributed by atoms with Crippen LogP contribution in [-0.2, 0) is 16.1 Å². The van der Waals surface area contributed by atoms with Crippen LogP contribution in [0, 0.1) is 5.92 Å². The summed E-state index contributed by atoms with van der Waals surface area (Å²) >= 11 is 0. The van der Waals surface area contributed by atoms with Crippen LogP contribution in [0.15, 0.2) is 24.3 Å². The van der Waals surface area contributed by atoms with E-state index < -0.39 is 12.1 Å². The van der Waals surface area contributed by atoms with Crippen LogP contribution in [0.1, 0.15) is 31.2 Å². The van der Waals surface area contributed by atoms with E-state index in [1.807, 2.05) is 24.3 Å². The summed E-state index contributed by atoms with van der Waals surface area (Å²) < 4.78 is 37.4. The van der Waals surface area contributed by atoms with Gasteiger partial charge in [0.05, 0.1) is 0 Å². The summed E-state index contributed by atoms with van der Waals surface area (Å²) in [5.74, 6) is -2.34. The second-order valence-corrected chi connectivity index (χ2v) is 7.14. The van der Waals surface area contributed by atoms with E-state index in [0.717, 1.165) is 23.6 Å². The van der Waals surface area contributed by atoms with Gasteiger partial charge >= 0.3 is 12.1 Å². The molecule has 0 radical (unpaired) electrons. The van der Waals surface area contributed by atoms with Gasteiger partial charge in [-0.3, -0.25) is 9.59 Å². The van der Waals surface area contributed by atoms with Crippen LogP contribution in [0.5, 0.6) is 0 Å². The number of likely N-dealkylation sites (tertiary alicyclic amines) is 1. The monoisotopic (exact) mass is 383 g/mol. The fourth-order valence-electron chi connectivity index (χ4n) is 3.66. The standard InChI is InChI=1S/C19H24F3N3O2/c20-19(21,22)18(27)25-11-7-15(8-12-25)17(26)23-13-14-3-5-16(6-4-14)24-9-1-2-10-24/h3-6,15H,1-2,7-13H2,(H,23,26). The number of piperidine rings is 1. The molecule has 1 aromatic rings. The van der Waals surface area contributed by atoms with Crippen LogP contribution in [0.4, 0.5) is 18.9 Å². The Hall–Kier alpha value is -2.25. The van der Waals surface area contributed by atoms with Crippen LogP contribution in [0.2, 0.25) is 0 Å². The fourth-order valence-corrected chi connectivity index (χ4v) is 3.66. The van der Waals surface area contributed by atoms with Crippen LogP contribution >= 0.6 is 0 Å². The summed E-state index contributed by atoms with van der Waals surface area (Å²) in [4.78, 5) is 26.6. The minimum Gasteiger partial charge on any atom is -0.372 e. The first-order valence-corrected chi connectivity index (χ1v) is 9.32. The highest BCUT2D eigenvalue weighted by Crippen LogP contribution is 2.24. The fraction of sp³-hybridized carbons (Fsp3) is 0.579. The normalized spacial score (nSPS) is 18.6. The molecule has 27 heavy (non-hydrogen) atoms. The minimum atomic E-state index is -4.85. The number of benzene rings is 1. The van der Waals surface area contributed by atoms with Crippen molar-refractivity contribution in [3.63, 3.8) is 0 Å². The Morgan fingerprint density at radius 2 is 1.59 bits per heavy atom. The molecule has 0 unspecified atom stereocenters. The van der Waals surface area contributed by atoms with E-state index in [-0.39, 0.29) is 37.8 Å². The summed E-state index contributed by atoms with van der Waals surface area (Å²) in [5.41, 5.74) is 2.17. The van der Waals surface area contributed by atoms with Crippen LogP contribution < -0.4 is 10.2 Å². The molecule has 2 saturated heterocycles. The molecule has 0 saturated carbocycles. The number of carbonyl (C=O) groups is 2. The average molecular weight is 383 g/mol. The number of alkyl halides is 3. The predicted molar refractivity (Wildman–Crippen MR) is 95.1 cm³/mol. The smallest absolute Gasteiger partial charge is 0.372 e. The molecule has 2 aliphatic heterocycles. The van der Waals surface area contributed by atoms with Gasteiger partial charge in [0, 0.05) is 44.3 Å². The molecule has 0 bridgehead atoms. The number of anilines is 1. The molecular weight excluding hydrogens is 359 g/mol. The lowest BCUT2D eigenvalue weighted by Gasteiger charge is -2.31. The molecule has 0 aromatic heterocycles. The van der Waals surface area contributed by atoms with Crippen LogP contribution in [0.3, 0.4) is 0 Å².